The molecule has 3 unspecified atom stereocenters. The van der Waals surface area contributed by atoms with Gasteiger partial charge in [-0.25, -0.2) is 0 Å². The first kappa shape index (κ1) is 12.2. The molecule has 2 aliphatic carbocycles. The van der Waals surface area contributed by atoms with Crippen LogP contribution in [0.1, 0.15) is 60.3 Å². The molecule has 0 aromatic carbocycles. The quantitative estimate of drug-likeness (QED) is 0.667. The van der Waals surface area contributed by atoms with Gasteiger partial charge in [0.25, 0.3) is 0 Å². The van der Waals surface area contributed by atoms with Crippen molar-refractivity contribution in [3.05, 3.63) is 11.1 Å². The number of aliphatic hydroxyl groups is 1. The van der Waals surface area contributed by atoms with Crippen molar-refractivity contribution in [2.75, 3.05) is 0 Å². The summed E-state index contributed by atoms with van der Waals surface area (Å²) in [5.74, 6) is 0.641. The van der Waals surface area contributed by atoms with E-state index in [2.05, 4.69) is 34.6 Å². The summed E-state index contributed by atoms with van der Waals surface area (Å²) in [7, 11) is 0. The van der Waals surface area contributed by atoms with Gasteiger partial charge in [0.2, 0.25) is 0 Å². The van der Waals surface area contributed by atoms with Crippen molar-refractivity contribution in [2.45, 2.75) is 66.4 Å². The summed E-state index contributed by atoms with van der Waals surface area (Å²) in [4.78, 5) is 0. The van der Waals surface area contributed by atoms with Gasteiger partial charge in [-0.2, -0.15) is 0 Å². The van der Waals surface area contributed by atoms with Crippen molar-refractivity contribution in [1.82, 2.24) is 0 Å². The normalized spacial score (nSPS) is 42.4. The minimum atomic E-state index is -0.172. The summed E-state index contributed by atoms with van der Waals surface area (Å²) >= 11 is 0. The van der Waals surface area contributed by atoms with Crippen molar-refractivity contribution >= 4 is 0 Å². The van der Waals surface area contributed by atoms with Gasteiger partial charge in [-0.1, -0.05) is 40.2 Å². The maximum Gasteiger partial charge on any atom is 0.0758 e. The van der Waals surface area contributed by atoms with Gasteiger partial charge in [-0.15, -0.1) is 0 Å². The molecule has 0 aromatic heterocycles. The smallest absolute Gasteiger partial charge is 0.0758 e. The number of hydrogen-bond acceptors (Lipinski definition) is 1. The minimum Gasteiger partial charge on any atom is -0.389 e. The van der Waals surface area contributed by atoms with E-state index in [0.717, 1.165) is 6.42 Å². The van der Waals surface area contributed by atoms with E-state index in [1.807, 2.05) is 0 Å². The standard InChI is InChI=1S/C15H26O/c1-6-15(5)10(2)14(3,4)13-11(15)8-7-9-12(13)16/h10,12,16H,6-9H2,1-5H3. The summed E-state index contributed by atoms with van der Waals surface area (Å²) in [5.41, 5.74) is 3.47. The van der Waals surface area contributed by atoms with E-state index in [-0.39, 0.29) is 11.5 Å². The van der Waals surface area contributed by atoms with Crippen LogP contribution < -0.4 is 0 Å². The van der Waals surface area contributed by atoms with Crippen LogP contribution in [-0.2, 0) is 0 Å². The van der Waals surface area contributed by atoms with E-state index in [1.165, 1.54) is 24.8 Å². The molecule has 2 aliphatic rings. The van der Waals surface area contributed by atoms with Crippen LogP contribution in [0.4, 0.5) is 0 Å². The Morgan fingerprint density at radius 3 is 2.50 bits per heavy atom. The number of rotatable bonds is 1. The first-order valence-electron chi connectivity index (χ1n) is 6.77. The van der Waals surface area contributed by atoms with Crippen molar-refractivity contribution < 1.29 is 5.11 Å². The van der Waals surface area contributed by atoms with Crippen LogP contribution >= 0.6 is 0 Å². The highest BCUT2D eigenvalue weighted by Crippen LogP contribution is 2.62. The van der Waals surface area contributed by atoms with Crippen LogP contribution in [0.15, 0.2) is 11.1 Å². The van der Waals surface area contributed by atoms with Gasteiger partial charge in [-0.3, -0.25) is 0 Å². The molecule has 0 aliphatic heterocycles. The minimum absolute atomic E-state index is 0.172. The zero-order chi connectivity index (χ0) is 12.1. The van der Waals surface area contributed by atoms with Gasteiger partial charge in [0.15, 0.2) is 0 Å². The second-order valence-corrected chi connectivity index (χ2v) is 6.51. The molecule has 3 atom stereocenters. The molecule has 0 fully saturated rings. The Hall–Kier alpha value is -0.300. The molecule has 0 aromatic rings. The number of hydrogen-bond donors (Lipinski definition) is 1. The Kier molecular flexibility index (Phi) is 2.73. The third kappa shape index (κ3) is 1.33. The van der Waals surface area contributed by atoms with Gasteiger partial charge in [0.05, 0.1) is 6.10 Å². The summed E-state index contributed by atoms with van der Waals surface area (Å²) in [5, 5.41) is 10.3. The van der Waals surface area contributed by atoms with Crippen LogP contribution in [0.25, 0.3) is 0 Å². The average molecular weight is 222 g/mol. The van der Waals surface area contributed by atoms with E-state index in [1.54, 1.807) is 5.57 Å². The molecule has 0 amide bonds. The van der Waals surface area contributed by atoms with E-state index in [9.17, 15) is 5.11 Å². The predicted octanol–water partition coefficient (Wildman–Crippen LogP) is 3.92. The van der Waals surface area contributed by atoms with Gasteiger partial charge in [0, 0.05) is 0 Å². The third-order valence-electron chi connectivity index (χ3n) is 5.72. The molecule has 2 rings (SSSR count). The zero-order valence-electron chi connectivity index (χ0n) is 11.4. The largest absolute Gasteiger partial charge is 0.389 e. The fourth-order valence-corrected chi connectivity index (χ4v) is 4.17. The molecule has 1 N–H and O–H groups in total. The second-order valence-electron chi connectivity index (χ2n) is 6.51. The van der Waals surface area contributed by atoms with Gasteiger partial charge in [0.1, 0.15) is 0 Å². The van der Waals surface area contributed by atoms with E-state index in [4.69, 9.17) is 0 Å². The SMILES string of the molecule is CCC1(C)C2=C(C(O)CCC2)C(C)(C)C1C. The summed E-state index contributed by atoms with van der Waals surface area (Å²) in [6.45, 7) is 11.7. The molecule has 0 bridgehead atoms. The maximum atomic E-state index is 10.3. The Balaban J connectivity index is 2.55. The van der Waals surface area contributed by atoms with E-state index < -0.39 is 0 Å². The highest BCUT2D eigenvalue weighted by molar-refractivity contribution is 5.39. The molecule has 1 heteroatoms. The fraction of sp³-hybridized carbons (Fsp3) is 0.867. The fourth-order valence-electron chi connectivity index (χ4n) is 4.17. The summed E-state index contributed by atoms with van der Waals surface area (Å²) in [6.07, 6.45) is 4.37. The van der Waals surface area contributed by atoms with Crippen LogP contribution in [0.2, 0.25) is 0 Å². The van der Waals surface area contributed by atoms with Crippen molar-refractivity contribution in [2.24, 2.45) is 16.7 Å². The lowest BCUT2D eigenvalue weighted by Gasteiger charge is -2.37. The first-order valence-corrected chi connectivity index (χ1v) is 6.77. The van der Waals surface area contributed by atoms with Gasteiger partial charge < -0.3 is 5.11 Å². The zero-order valence-corrected chi connectivity index (χ0v) is 11.4. The highest BCUT2D eigenvalue weighted by Gasteiger charge is 2.53. The Labute approximate surface area is 99.9 Å². The first-order chi connectivity index (χ1) is 7.35. The number of aliphatic hydroxyl groups excluding tert-OH is 1. The molecule has 0 heterocycles. The topological polar surface area (TPSA) is 20.2 Å². The molecule has 0 saturated heterocycles. The summed E-state index contributed by atoms with van der Waals surface area (Å²) in [6, 6.07) is 0. The second kappa shape index (κ2) is 3.60. The number of allylic oxidation sites excluding steroid dienone is 1. The Morgan fingerprint density at radius 2 is 1.94 bits per heavy atom. The van der Waals surface area contributed by atoms with Crippen LogP contribution in [0.5, 0.6) is 0 Å². The Morgan fingerprint density at radius 1 is 1.31 bits per heavy atom. The van der Waals surface area contributed by atoms with Crippen LogP contribution in [-0.4, -0.2) is 11.2 Å². The van der Waals surface area contributed by atoms with Crippen molar-refractivity contribution in [1.29, 1.82) is 0 Å². The lowest BCUT2D eigenvalue weighted by Crippen LogP contribution is -2.31. The Bertz CT molecular complexity index is 326. The van der Waals surface area contributed by atoms with Crippen LogP contribution in [0, 0.1) is 16.7 Å². The van der Waals surface area contributed by atoms with Crippen molar-refractivity contribution in [3.8, 4) is 0 Å². The summed E-state index contributed by atoms with van der Waals surface area (Å²) < 4.78 is 0. The maximum absolute atomic E-state index is 10.3. The molecular weight excluding hydrogens is 196 g/mol. The highest BCUT2D eigenvalue weighted by atomic mass is 16.3. The van der Waals surface area contributed by atoms with Gasteiger partial charge >= 0.3 is 0 Å². The average Bonchev–Trinajstić information content (AvgIpc) is 2.40. The monoisotopic (exact) mass is 222 g/mol. The molecule has 1 nitrogen and oxygen atoms in total. The molecule has 0 spiro atoms. The van der Waals surface area contributed by atoms with Gasteiger partial charge in [-0.05, 0) is 48.0 Å². The molecular formula is C15H26O. The molecule has 92 valence electrons. The van der Waals surface area contributed by atoms with Crippen LogP contribution in [0.3, 0.4) is 0 Å². The predicted molar refractivity (Wildman–Crippen MR) is 68.2 cm³/mol. The molecule has 0 radical (unpaired) electrons. The lowest BCUT2D eigenvalue weighted by molar-refractivity contribution is 0.134. The third-order valence-corrected chi connectivity index (χ3v) is 5.72. The molecule has 16 heavy (non-hydrogen) atoms. The van der Waals surface area contributed by atoms with E-state index in [0.29, 0.717) is 11.3 Å². The van der Waals surface area contributed by atoms with E-state index >= 15 is 0 Å². The lowest BCUT2D eigenvalue weighted by atomic mass is 9.67. The van der Waals surface area contributed by atoms with Crippen molar-refractivity contribution in [3.63, 3.8) is 0 Å². The molecule has 0 saturated carbocycles.